The summed E-state index contributed by atoms with van der Waals surface area (Å²) in [6.45, 7) is 4.08. The van der Waals surface area contributed by atoms with E-state index < -0.39 is 0 Å². The Hall–Kier alpha value is -2.20. The predicted octanol–water partition coefficient (Wildman–Crippen LogP) is 2.49. The Bertz CT molecular complexity index is 748. The first kappa shape index (κ1) is 12.5. The topological polar surface area (TPSA) is 34.0 Å². The van der Waals surface area contributed by atoms with E-state index in [1.54, 1.807) is 0 Å². The molecular weight excluding hydrogens is 260 g/mol. The molecule has 106 valence electrons. The molecule has 0 atom stereocenters. The summed E-state index contributed by atoms with van der Waals surface area (Å²) in [6.07, 6.45) is 2.87. The van der Waals surface area contributed by atoms with Crippen molar-refractivity contribution in [1.82, 2.24) is 19.4 Å². The Morgan fingerprint density at radius 3 is 2.81 bits per heavy atom. The normalized spacial score (nSPS) is 15.2. The molecule has 4 rings (SSSR count). The van der Waals surface area contributed by atoms with Crippen LogP contribution in [0.15, 0.2) is 48.7 Å². The molecule has 21 heavy (non-hydrogen) atoms. The van der Waals surface area contributed by atoms with Gasteiger partial charge in [-0.15, -0.1) is 0 Å². The molecule has 4 heteroatoms. The molecule has 0 N–H and O–H groups in total. The molecule has 0 spiro atoms. The third-order valence-electron chi connectivity index (χ3n) is 4.15. The highest BCUT2D eigenvalue weighted by molar-refractivity contribution is 5.75. The number of rotatable bonds is 3. The van der Waals surface area contributed by atoms with Gasteiger partial charge in [0.1, 0.15) is 5.82 Å². The second kappa shape index (κ2) is 5.30. The highest BCUT2D eigenvalue weighted by atomic mass is 15.2. The molecule has 2 aromatic heterocycles. The lowest BCUT2D eigenvalue weighted by Gasteiger charge is -2.27. The number of para-hydroxylation sites is 2. The fourth-order valence-corrected chi connectivity index (χ4v) is 3.03. The Kier molecular flexibility index (Phi) is 3.16. The number of imidazole rings is 1. The second-order valence-electron chi connectivity index (χ2n) is 5.52. The molecular formula is C17H18N4. The van der Waals surface area contributed by atoms with Gasteiger partial charge in [-0.25, -0.2) is 4.98 Å². The molecule has 1 aliphatic heterocycles. The van der Waals surface area contributed by atoms with E-state index in [1.807, 2.05) is 12.3 Å². The largest absolute Gasteiger partial charge is 0.326 e. The van der Waals surface area contributed by atoms with Gasteiger partial charge in [0.05, 0.1) is 17.6 Å². The van der Waals surface area contributed by atoms with Crippen molar-refractivity contribution < 1.29 is 0 Å². The summed E-state index contributed by atoms with van der Waals surface area (Å²) in [7, 11) is 0. The van der Waals surface area contributed by atoms with Crippen LogP contribution in [0.2, 0.25) is 0 Å². The van der Waals surface area contributed by atoms with E-state index in [0.717, 1.165) is 43.8 Å². The summed E-state index contributed by atoms with van der Waals surface area (Å²) in [5.74, 6) is 1.18. The van der Waals surface area contributed by atoms with Crippen molar-refractivity contribution >= 4 is 11.0 Å². The third-order valence-corrected chi connectivity index (χ3v) is 4.15. The number of aromatic nitrogens is 3. The van der Waals surface area contributed by atoms with Crippen molar-refractivity contribution in [2.45, 2.75) is 19.5 Å². The van der Waals surface area contributed by atoms with Gasteiger partial charge in [-0.05, 0) is 24.3 Å². The SMILES string of the molecule is c1ccc(CCN2CCn3c(nc4ccccc43)C2)nc1. The smallest absolute Gasteiger partial charge is 0.124 e. The fourth-order valence-electron chi connectivity index (χ4n) is 3.03. The molecule has 1 aromatic carbocycles. The number of nitrogens with zero attached hydrogens (tertiary/aromatic N) is 4. The molecule has 1 aliphatic rings. The minimum absolute atomic E-state index is 0.932. The summed E-state index contributed by atoms with van der Waals surface area (Å²) >= 11 is 0. The van der Waals surface area contributed by atoms with E-state index in [0.29, 0.717) is 0 Å². The Morgan fingerprint density at radius 2 is 1.90 bits per heavy atom. The van der Waals surface area contributed by atoms with Crippen LogP contribution >= 0.6 is 0 Å². The molecule has 0 saturated carbocycles. The summed E-state index contributed by atoms with van der Waals surface area (Å²) in [4.78, 5) is 11.6. The zero-order valence-electron chi connectivity index (χ0n) is 11.9. The average molecular weight is 278 g/mol. The van der Waals surface area contributed by atoms with Crippen LogP contribution in [0.25, 0.3) is 11.0 Å². The predicted molar refractivity (Wildman–Crippen MR) is 83.0 cm³/mol. The van der Waals surface area contributed by atoms with Crippen LogP contribution in [0.4, 0.5) is 0 Å². The summed E-state index contributed by atoms with van der Waals surface area (Å²) in [6, 6.07) is 14.5. The first-order valence-electron chi connectivity index (χ1n) is 7.46. The van der Waals surface area contributed by atoms with Crippen LogP contribution in [-0.4, -0.2) is 32.5 Å². The fraction of sp³-hybridized carbons (Fsp3) is 0.294. The molecule has 0 aliphatic carbocycles. The van der Waals surface area contributed by atoms with Crippen LogP contribution < -0.4 is 0 Å². The van der Waals surface area contributed by atoms with E-state index in [1.165, 1.54) is 11.3 Å². The maximum Gasteiger partial charge on any atom is 0.124 e. The van der Waals surface area contributed by atoms with Crippen LogP contribution in [0.5, 0.6) is 0 Å². The molecule has 3 aromatic rings. The van der Waals surface area contributed by atoms with E-state index >= 15 is 0 Å². The maximum absolute atomic E-state index is 4.76. The molecule has 0 fully saturated rings. The zero-order valence-corrected chi connectivity index (χ0v) is 11.9. The number of hydrogen-bond donors (Lipinski definition) is 0. The van der Waals surface area contributed by atoms with Crippen LogP contribution in [0, 0.1) is 0 Å². The third kappa shape index (κ3) is 2.43. The monoisotopic (exact) mass is 278 g/mol. The average Bonchev–Trinajstić information content (AvgIpc) is 2.91. The van der Waals surface area contributed by atoms with Crippen LogP contribution in [-0.2, 0) is 19.5 Å². The number of hydrogen-bond acceptors (Lipinski definition) is 3. The lowest BCUT2D eigenvalue weighted by molar-refractivity contribution is 0.221. The van der Waals surface area contributed by atoms with E-state index in [9.17, 15) is 0 Å². The van der Waals surface area contributed by atoms with Crippen LogP contribution in [0.3, 0.4) is 0 Å². The van der Waals surface area contributed by atoms with Gasteiger partial charge in [0.2, 0.25) is 0 Å². The highest BCUT2D eigenvalue weighted by Gasteiger charge is 2.19. The summed E-state index contributed by atoms with van der Waals surface area (Å²) < 4.78 is 2.35. The molecule has 0 unspecified atom stereocenters. The van der Waals surface area contributed by atoms with E-state index in [2.05, 4.69) is 50.8 Å². The Balaban J connectivity index is 1.49. The van der Waals surface area contributed by atoms with Crippen molar-refractivity contribution in [3.8, 4) is 0 Å². The summed E-state index contributed by atoms with van der Waals surface area (Å²) in [5.41, 5.74) is 3.53. The van der Waals surface area contributed by atoms with Crippen molar-refractivity contribution in [2.75, 3.05) is 13.1 Å². The van der Waals surface area contributed by atoms with Gasteiger partial charge in [0, 0.05) is 37.9 Å². The standard InChI is InChI=1S/C17H18N4/c1-2-7-16-15(6-1)19-17-13-20(11-12-21(16)17)10-8-14-5-3-4-9-18-14/h1-7,9H,8,10-13H2. The number of pyridine rings is 1. The minimum atomic E-state index is 0.932. The molecule has 4 nitrogen and oxygen atoms in total. The van der Waals surface area contributed by atoms with Gasteiger partial charge >= 0.3 is 0 Å². The van der Waals surface area contributed by atoms with Gasteiger partial charge in [-0.2, -0.15) is 0 Å². The molecule has 0 bridgehead atoms. The maximum atomic E-state index is 4.76. The lowest BCUT2D eigenvalue weighted by atomic mass is 10.2. The van der Waals surface area contributed by atoms with Gasteiger partial charge in [0.15, 0.2) is 0 Å². The van der Waals surface area contributed by atoms with E-state index in [4.69, 9.17) is 4.98 Å². The van der Waals surface area contributed by atoms with Gasteiger partial charge in [-0.3, -0.25) is 9.88 Å². The van der Waals surface area contributed by atoms with Gasteiger partial charge in [-0.1, -0.05) is 18.2 Å². The minimum Gasteiger partial charge on any atom is -0.326 e. The van der Waals surface area contributed by atoms with E-state index in [-0.39, 0.29) is 0 Å². The zero-order chi connectivity index (χ0) is 14.1. The first-order valence-corrected chi connectivity index (χ1v) is 7.46. The van der Waals surface area contributed by atoms with Gasteiger partial charge < -0.3 is 4.57 Å². The Labute approximate surface area is 124 Å². The summed E-state index contributed by atoms with van der Waals surface area (Å²) in [5, 5.41) is 0. The highest BCUT2D eigenvalue weighted by Crippen LogP contribution is 2.20. The van der Waals surface area contributed by atoms with Crippen molar-refractivity contribution in [3.05, 3.63) is 60.2 Å². The first-order chi connectivity index (χ1) is 10.4. The van der Waals surface area contributed by atoms with Gasteiger partial charge in [0.25, 0.3) is 0 Å². The van der Waals surface area contributed by atoms with Crippen molar-refractivity contribution in [2.24, 2.45) is 0 Å². The number of benzene rings is 1. The molecule has 0 saturated heterocycles. The molecule has 0 amide bonds. The Morgan fingerprint density at radius 1 is 1.00 bits per heavy atom. The lowest BCUT2D eigenvalue weighted by Crippen LogP contribution is -2.35. The quantitative estimate of drug-likeness (QED) is 0.738. The van der Waals surface area contributed by atoms with Crippen LogP contribution in [0.1, 0.15) is 11.5 Å². The van der Waals surface area contributed by atoms with Crippen molar-refractivity contribution in [3.63, 3.8) is 0 Å². The molecule has 0 radical (unpaired) electrons. The van der Waals surface area contributed by atoms with Crippen molar-refractivity contribution in [1.29, 1.82) is 0 Å². The number of fused-ring (bicyclic) bond motifs is 3. The second-order valence-corrected chi connectivity index (χ2v) is 5.52. The molecule has 3 heterocycles.